The Morgan fingerprint density at radius 2 is 1.76 bits per heavy atom. The molecule has 0 aliphatic carbocycles. The van der Waals surface area contributed by atoms with Gasteiger partial charge in [0.25, 0.3) is 0 Å². The van der Waals surface area contributed by atoms with Crippen LogP contribution in [0.4, 0.5) is 5.69 Å². The number of hydrogen-bond donors (Lipinski definition) is 2. The van der Waals surface area contributed by atoms with E-state index in [9.17, 15) is 4.79 Å². The molecular weight excluding hydrogens is 262 g/mol. The molecule has 0 atom stereocenters. The maximum atomic E-state index is 11.7. The molecule has 0 radical (unpaired) electrons. The first-order valence-electron chi connectivity index (χ1n) is 6.82. The summed E-state index contributed by atoms with van der Waals surface area (Å²) in [5.41, 5.74) is 2.52. The van der Waals surface area contributed by atoms with Crippen molar-refractivity contribution in [1.82, 2.24) is 5.32 Å². The van der Waals surface area contributed by atoms with Gasteiger partial charge < -0.3 is 10.6 Å². The van der Waals surface area contributed by atoms with Crippen molar-refractivity contribution in [2.24, 2.45) is 0 Å². The molecule has 0 aliphatic heterocycles. The zero-order valence-electron chi connectivity index (χ0n) is 11.7. The fourth-order valence-electron chi connectivity index (χ4n) is 1.91. The lowest BCUT2D eigenvalue weighted by atomic mass is 10.1. The van der Waals surface area contributed by atoms with Gasteiger partial charge in [0.2, 0.25) is 5.91 Å². The molecule has 0 unspecified atom stereocenters. The number of nitrogens with zero attached hydrogens (tertiary/aromatic N) is 1. The van der Waals surface area contributed by atoms with Gasteiger partial charge in [0.15, 0.2) is 0 Å². The second-order valence-electron chi connectivity index (χ2n) is 4.65. The average Bonchev–Trinajstić information content (AvgIpc) is 2.53. The normalized spacial score (nSPS) is 9.86. The van der Waals surface area contributed by atoms with Crippen molar-refractivity contribution < 1.29 is 4.79 Å². The number of nitrogens with one attached hydrogen (secondary N) is 2. The number of amides is 1. The maximum Gasteiger partial charge on any atom is 0.238 e. The summed E-state index contributed by atoms with van der Waals surface area (Å²) in [7, 11) is 0. The summed E-state index contributed by atoms with van der Waals surface area (Å²) in [6.07, 6.45) is 0.894. The van der Waals surface area contributed by atoms with Gasteiger partial charge in [-0.25, -0.2) is 0 Å². The minimum absolute atomic E-state index is 0.0900. The van der Waals surface area contributed by atoms with E-state index in [-0.39, 0.29) is 12.5 Å². The van der Waals surface area contributed by atoms with Crippen molar-refractivity contribution in [3.8, 4) is 6.07 Å². The van der Waals surface area contributed by atoms with Crippen molar-refractivity contribution >= 4 is 11.6 Å². The molecule has 2 rings (SSSR count). The summed E-state index contributed by atoms with van der Waals surface area (Å²) in [4.78, 5) is 11.7. The average molecular weight is 279 g/mol. The number of nitriles is 1. The molecule has 21 heavy (non-hydrogen) atoms. The van der Waals surface area contributed by atoms with E-state index < -0.39 is 0 Å². The van der Waals surface area contributed by atoms with E-state index in [1.54, 1.807) is 24.3 Å². The summed E-state index contributed by atoms with van der Waals surface area (Å²) in [6.45, 7) is 1.03. The zero-order chi connectivity index (χ0) is 14.9. The summed E-state index contributed by atoms with van der Waals surface area (Å²) in [5.74, 6) is -0.0900. The predicted molar refractivity (Wildman–Crippen MR) is 82.8 cm³/mol. The number of benzene rings is 2. The van der Waals surface area contributed by atoms with Gasteiger partial charge in [-0.3, -0.25) is 4.79 Å². The number of anilines is 1. The van der Waals surface area contributed by atoms with Crippen LogP contribution in [-0.2, 0) is 11.2 Å². The van der Waals surface area contributed by atoms with Crippen LogP contribution in [0.2, 0.25) is 0 Å². The van der Waals surface area contributed by atoms with E-state index in [1.807, 2.05) is 24.3 Å². The van der Waals surface area contributed by atoms with E-state index in [0.717, 1.165) is 13.0 Å². The van der Waals surface area contributed by atoms with Gasteiger partial charge in [0.05, 0.1) is 18.2 Å². The van der Waals surface area contributed by atoms with Crippen molar-refractivity contribution in [3.63, 3.8) is 0 Å². The first kappa shape index (κ1) is 14.8. The first-order valence-corrected chi connectivity index (χ1v) is 6.82. The SMILES string of the molecule is N#Cc1ccc(NC(=O)CNCCc2ccccc2)cc1. The van der Waals surface area contributed by atoms with Gasteiger partial charge in [0, 0.05) is 5.69 Å². The predicted octanol–water partition coefficient (Wildman–Crippen LogP) is 2.33. The van der Waals surface area contributed by atoms with Crippen LogP contribution in [0, 0.1) is 11.3 Å². The lowest BCUT2D eigenvalue weighted by molar-refractivity contribution is -0.115. The molecule has 4 heteroatoms. The largest absolute Gasteiger partial charge is 0.325 e. The van der Waals surface area contributed by atoms with Gasteiger partial charge in [-0.1, -0.05) is 30.3 Å². The van der Waals surface area contributed by atoms with E-state index >= 15 is 0 Å². The molecule has 0 aromatic heterocycles. The molecule has 0 heterocycles. The third-order valence-corrected chi connectivity index (χ3v) is 3.02. The lowest BCUT2D eigenvalue weighted by Gasteiger charge is -2.07. The van der Waals surface area contributed by atoms with E-state index in [0.29, 0.717) is 11.3 Å². The Labute approximate surface area is 124 Å². The molecule has 1 amide bonds. The fraction of sp³-hybridized carbons (Fsp3) is 0.176. The van der Waals surface area contributed by atoms with Crippen LogP contribution in [0.15, 0.2) is 54.6 Å². The fourth-order valence-corrected chi connectivity index (χ4v) is 1.91. The number of carbonyl (C=O) groups is 1. The molecule has 2 N–H and O–H groups in total. The molecule has 0 fully saturated rings. The summed E-state index contributed by atoms with van der Waals surface area (Å²) < 4.78 is 0. The second kappa shape index (κ2) is 7.83. The Morgan fingerprint density at radius 3 is 2.43 bits per heavy atom. The van der Waals surface area contributed by atoms with E-state index in [1.165, 1.54) is 5.56 Å². The minimum Gasteiger partial charge on any atom is -0.325 e. The molecule has 0 aliphatic rings. The van der Waals surface area contributed by atoms with Crippen LogP contribution in [0.25, 0.3) is 0 Å². The molecule has 4 nitrogen and oxygen atoms in total. The molecule has 106 valence electrons. The molecule has 0 saturated heterocycles. The van der Waals surface area contributed by atoms with Crippen LogP contribution in [0.1, 0.15) is 11.1 Å². The number of carbonyl (C=O) groups excluding carboxylic acids is 1. The Hall–Kier alpha value is -2.64. The highest BCUT2D eigenvalue weighted by atomic mass is 16.1. The van der Waals surface area contributed by atoms with Crippen molar-refractivity contribution in [2.45, 2.75) is 6.42 Å². The highest BCUT2D eigenvalue weighted by Gasteiger charge is 2.01. The van der Waals surface area contributed by atoms with Gasteiger partial charge in [0.1, 0.15) is 0 Å². The monoisotopic (exact) mass is 279 g/mol. The maximum absolute atomic E-state index is 11.7. The molecule has 2 aromatic carbocycles. The second-order valence-corrected chi connectivity index (χ2v) is 4.65. The standard InChI is InChI=1S/C17H17N3O/c18-12-15-6-8-16(9-7-15)20-17(21)13-19-11-10-14-4-2-1-3-5-14/h1-9,19H,10-11,13H2,(H,20,21). The molecule has 0 saturated carbocycles. The van der Waals surface area contributed by atoms with Gasteiger partial charge >= 0.3 is 0 Å². The van der Waals surface area contributed by atoms with Gasteiger partial charge in [-0.15, -0.1) is 0 Å². The van der Waals surface area contributed by atoms with Crippen molar-refractivity contribution in [3.05, 3.63) is 65.7 Å². The summed E-state index contributed by atoms with van der Waals surface area (Å²) in [5, 5.41) is 14.6. The summed E-state index contributed by atoms with van der Waals surface area (Å²) >= 11 is 0. The van der Waals surface area contributed by atoms with Crippen LogP contribution >= 0.6 is 0 Å². The third-order valence-electron chi connectivity index (χ3n) is 3.02. The topological polar surface area (TPSA) is 64.9 Å². The first-order chi connectivity index (χ1) is 10.3. The third kappa shape index (κ3) is 5.09. The molecule has 0 bridgehead atoms. The number of hydrogen-bond acceptors (Lipinski definition) is 3. The Morgan fingerprint density at radius 1 is 1.05 bits per heavy atom. The Bertz CT molecular complexity index is 615. The quantitative estimate of drug-likeness (QED) is 0.798. The van der Waals surface area contributed by atoms with Crippen LogP contribution in [0.3, 0.4) is 0 Å². The Balaban J connectivity index is 1.69. The minimum atomic E-state index is -0.0900. The highest BCUT2D eigenvalue weighted by molar-refractivity contribution is 5.92. The van der Waals surface area contributed by atoms with E-state index in [2.05, 4.69) is 22.8 Å². The van der Waals surface area contributed by atoms with Crippen molar-refractivity contribution in [1.29, 1.82) is 5.26 Å². The van der Waals surface area contributed by atoms with Gasteiger partial charge in [-0.05, 0) is 42.8 Å². The molecule has 2 aromatic rings. The smallest absolute Gasteiger partial charge is 0.238 e. The number of rotatable bonds is 6. The van der Waals surface area contributed by atoms with Crippen LogP contribution in [0.5, 0.6) is 0 Å². The van der Waals surface area contributed by atoms with Gasteiger partial charge in [-0.2, -0.15) is 5.26 Å². The lowest BCUT2D eigenvalue weighted by Crippen LogP contribution is -2.29. The van der Waals surface area contributed by atoms with Crippen LogP contribution < -0.4 is 10.6 Å². The van der Waals surface area contributed by atoms with E-state index in [4.69, 9.17) is 5.26 Å². The molecular formula is C17H17N3O. The Kier molecular flexibility index (Phi) is 5.50. The zero-order valence-corrected chi connectivity index (χ0v) is 11.7. The highest BCUT2D eigenvalue weighted by Crippen LogP contribution is 2.08. The van der Waals surface area contributed by atoms with Crippen LogP contribution in [-0.4, -0.2) is 19.0 Å². The molecule has 0 spiro atoms. The summed E-state index contributed by atoms with van der Waals surface area (Å²) in [6, 6.07) is 19.0. The van der Waals surface area contributed by atoms with Crippen molar-refractivity contribution in [2.75, 3.05) is 18.4 Å².